The van der Waals surface area contributed by atoms with Gasteiger partial charge in [-0.2, -0.15) is 9.50 Å². The smallest absolute Gasteiger partial charge is 0.291 e. The van der Waals surface area contributed by atoms with Crippen molar-refractivity contribution in [2.45, 2.75) is 13.8 Å². The largest absolute Gasteiger partial charge is 0.490 e. The van der Waals surface area contributed by atoms with Gasteiger partial charge in [-0.15, -0.1) is 5.10 Å². The molecule has 2 aromatic carbocycles. The summed E-state index contributed by atoms with van der Waals surface area (Å²) >= 11 is 4.81. The first-order chi connectivity index (χ1) is 14.1. The molecule has 29 heavy (non-hydrogen) atoms. The number of fused-ring (bicyclic) bond motifs is 1. The molecule has 2 aromatic heterocycles. The Balaban J connectivity index is 1.75. The van der Waals surface area contributed by atoms with Gasteiger partial charge in [-0.05, 0) is 49.8 Å². The van der Waals surface area contributed by atoms with Crippen LogP contribution in [-0.2, 0) is 0 Å². The van der Waals surface area contributed by atoms with Crippen molar-refractivity contribution in [2.24, 2.45) is 0 Å². The average Bonchev–Trinajstić information content (AvgIpc) is 3.24. The molecule has 4 aromatic rings. The zero-order valence-corrected chi connectivity index (χ0v) is 18.3. The number of hydrogen-bond acceptors (Lipinski definition) is 6. The first-order valence-corrected chi connectivity index (χ1v) is 10.8. The molecule has 0 atom stereocenters. The van der Waals surface area contributed by atoms with Crippen LogP contribution < -0.4 is 19.6 Å². The molecule has 0 saturated heterocycles. The van der Waals surface area contributed by atoms with E-state index >= 15 is 0 Å². The second-order valence-corrected chi connectivity index (χ2v) is 7.96. The van der Waals surface area contributed by atoms with E-state index in [2.05, 4.69) is 26.0 Å². The minimum absolute atomic E-state index is 0.192. The van der Waals surface area contributed by atoms with Crippen LogP contribution in [0.5, 0.6) is 11.5 Å². The molecule has 0 bridgehead atoms. The zero-order chi connectivity index (χ0) is 20.4. The number of aromatic nitrogens is 3. The number of hydrogen-bond donors (Lipinski definition) is 0. The summed E-state index contributed by atoms with van der Waals surface area (Å²) in [4.78, 5) is 17.9. The van der Waals surface area contributed by atoms with Crippen molar-refractivity contribution in [3.8, 4) is 22.9 Å². The molecule has 0 radical (unpaired) electrons. The summed E-state index contributed by atoms with van der Waals surface area (Å²) in [5.41, 5.74) is 1.51. The third kappa shape index (κ3) is 3.90. The van der Waals surface area contributed by atoms with Crippen LogP contribution in [0.3, 0.4) is 0 Å². The molecule has 148 valence electrons. The lowest BCUT2D eigenvalue weighted by Gasteiger charge is -2.11. The van der Waals surface area contributed by atoms with Crippen molar-refractivity contribution < 1.29 is 9.47 Å². The second kappa shape index (κ2) is 8.34. The highest BCUT2D eigenvalue weighted by Gasteiger charge is 2.14. The van der Waals surface area contributed by atoms with E-state index < -0.39 is 0 Å². The van der Waals surface area contributed by atoms with Gasteiger partial charge in [-0.25, -0.2) is 0 Å². The van der Waals surface area contributed by atoms with Gasteiger partial charge in [0.25, 0.3) is 5.56 Å². The quantitative estimate of drug-likeness (QED) is 0.426. The lowest BCUT2D eigenvalue weighted by Crippen LogP contribution is -2.23. The monoisotopic (exact) mass is 471 g/mol. The highest BCUT2D eigenvalue weighted by Crippen LogP contribution is 2.29. The van der Waals surface area contributed by atoms with Crippen molar-refractivity contribution in [1.82, 2.24) is 14.6 Å². The van der Waals surface area contributed by atoms with Crippen molar-refractivity contribution in [3.05, 3.63) is 67.4 Å². The molecule has 2 heterocycles. The molecular formula is C21H18BrN3O3S. The number of nitrogens with zero attached hydrogens (tertiary/aromatic N) is 3. The molecule has 0 unspecified atom stereocenters. The normalized spacial score (nSPS) is 11.9. The maximum atomic E-state index is 12.8. The van der Waals surface area contributed by atoms with Gasteiger partial charge >= 0.3 is 0 Å². The molecule has 4 rings (SSSR count). The Morgan fingerprint density at radius 3 is 2.59 bits per heavy atom. The van der Waals surface area contributed by atoms with Crippen molar-refractivity contribution in [1.29, 1.82) is 0 Å². The van der Waals surface area contributed by atoms with E-state index in [4.69, 9.17) is 9.47 Å². The molecule has 6 nitrogen and oxygen atoms in total. The minimum atomic E-state index is -0.192. The fraction of sp³-hybridized carbons (Fsp3) is 0.190. The summed E-state index contributed by atoms with van der Waals surface area (Å²) in [6, 6.07) is 13.3. The maximum absolute atomic E-state index is 12.8. The summed E-state index contributed by atoms with van der Waals surface area (Å²) in [7, 11) is 0. The molecule has 0 aliphatic carbocycles. The van der Waals surface area contributed by atoms with E-state index in [0.29, 0.717) is 40.0 Å². The third-order valence-electron chi connectivity index (χ3n) is 4.16. The lowest BCUT2D eigenvalue weighted by atomic mass is 10.2. The Kier molecular flexibility index (Phi) is 5.64. The molecule has 0 N–H and O–H groups in total. The third-order valence-corrected chi connectivity index (χ3v) is 5.81. The zero-order valence-electron chi connectivity index (χ0n) is 15.9. The Bertz CT molecular complexity index is 1280. The summed E-state index contributed by atoms with van der Waals surface area (Å²) in [6.45, 7) is 4.94. The highest BCUT2D eigenvalue weighted by molar-refractivity contribution is 9.10. The second-order valence-electron chi connectivity index (χ2n) is 6.10. The SMILES string of the molecule is CCOc1ccc(/C=c2\sc3nc(-c4ccccc4Br)nn3c2=O)cc1OCC. The Morgan fingerprint density at radius 1 is 1.10 bits per heavy atom. The number of benzene rings is 2. The van der Waals surface area contributed by atoms with E-state index in [1.807, 2.05) is 62.4 Å². The first kappa shape index (κ1) is 19.6. The van der Waals surface area contributed by atoms with E-state index in [-0.39, 0.29) is 5.56 Å². The van der Waals surface area contributed by atoms with Crippen LogP contribution >= 0.6 is 27.3 Å². The van der Waals surface area contributed by atoms with Crippen LogP contribution in [0.1, 0.15) is 19.4 Å². The van der Waals surface area contributed by atoms with Gasteiger partial charge in [0, 0.05) is 10.0 Å². The van der Waals surface area contributed by atoms with Gasteiger partial charge in [0.2, 0.25) is 4.96 Å². The van der Waals surface area contributed by atoms with E-state index in [0.717, 1.165) is 15.6 Å². The Hall–Kier alpha value is -2.71. The number of halogens is 1. The topological polar surface area (TPSA) is 65.7 Å². The molecule has 0 aliphatic heterocycles. The van der Waals surface area contributed by atoms with Crippen LogP contribution in [-0.4, -0.2) is 27.8 Å². The summed E-state index contributed by atoms with van der Waals surface area (Å²) in [5, 5.41) is 4.40. The van der Waals surface area contributed by atoms with Gasteiger partial charge in [-0.3, -0.25) is 4.79 Å². The van der Waals surface area contributed by atoms with Crippen LogP contribution in [0, 0.1) is 0 Å². The molecular weight excluding hydrogens is 454 g/mol. The van der Waals surface area contributed by atoms with Gasteiger partial charge in [-0.1, -0.05) is 45.5 Å². The van der Waals surface area contributed by atoms with Gasteiger partial charge in [0.15, 0.2) is 17.3 Å². The van der Waals surface area contributed by atoms with E-state index in [1.165, 1.54) is 15.9 Å². The van der Waals surface area contributed by atoms with Crippen molar-refractivity contribution in [2.75, 3.05) is 13.2 Å². The molecule has 0 spiro atoms. The maximum Gasteiger partial charge on any atom is 0.291 e. The van der Waals surface area contributed by atoms with Crippen LogP contribution in [0.15, 0.2) is 51.7 Å². The molecule has 0 aliphatic rings. The van der Waals surface area contributed by atoms with Crippen molar-refractivity contribution >= 4 is 38.3 Å². The predicted octanol–water partition coefficient (Wildman–Crippen LogP) is 3.93. The molecule has 0 amide bonds. The summed E-state index contributed by atoms with van der Waals surface area (Å²) in [5.74, 6) is 1.87. The Labute approximate surface area is 179 Å². The van der Waals surface area contributed by atoms with Crippen LogP contribution in [0.4, 0.5) is 0 Å². The van der Waals surface area contributed by atoms with Crippen LogP contribution in [0.25, 0.3) is 22.4 Å². The summed E-state index contributed by atoms with van der Waals surface area (Å²) < 4.78 is 14.1. The molecule has 8 heteroatoms. The standard InChI is InChI=1S/C21H18BrN3O3S/c1-3-27-16-10-9-13(11-17(16)28-4-2)12-18-20(26)25-21(29-18)23-19(24-25)14-7-5-6-8-15(14)22/h5-12H,3-4H2,1-2H3/b18-12-. The molecule has 0 fully saturated rings. The molecule has 0 saturated carbocycles. The number of rotatable bonds is 6. The highest BCUT2D eigenvalue weighted by atomic mass is 79.9. The van der Waals surface area contributed by atoms with Gasteiger partial charge < -0.3 is 9.47 Å². The Morgan fingerprint density at radius 2 is 1.86 bits per heavy atom. The van der Waals surface area contributed by atoms with Gasteiger partial charge in [0.1, 0.15) is 0 Å². The van der Waals surface area contributed by atoms with Crippen LogP contribution in [0.2, 0.25) is 0 Å². The predicted molar refractivity (Wildman–Crippen MR) is 118 cm³/mol. The number of ether oxygens (including phenoxy) is 2. The lowest BCUT2D eigenvalue weighted by molar-refractivity contribution is 0.287. The fourth-order valence-corrected chi connectivity index (χ4v) is 4.27. The van der Waals surface area contributed by atoms with Gasteiger partial charge in [0.05, 0.1) is 17.7 Å². The average molecular weight is 472 g/mol. The summed E-state index contributed by atoms with van der Waals surface area (Å²) in [6.07, 6.45) is 1.82. The fourth-order valence-electron chi connectivity index (χ4n) is 2.90. The minimum Gasteiger partial charge on any atom is -0.490 e. The van der Waals surface area contributed by atoms with E-state index in [9.17, 15) is 4.79 Å². The van der Waals surface area contributed by atoms with Crippen molar-refractivity contribution in [3.63, 3.8) is 0 Å². The first-order valence-electron chi connectivity index (χ1n) is 9.16. The van der Waals surface area contributed by atoms with E-state index in [1.54, 1.807) is 0 Å². The number of thiazole rings is 1.